The summed E-state index contributed by atoms with van der Waals surface area (Å²) in [5, 5.41) is 9.38. The number of carbonyl (C=O) groups excluding carboxylic acids is 3. The third-order valence-corrected chi connectivity index (χ3v) is 10.7. The number of hydrogen-bond acceptors (Lipinski definition) is 6. The van der Waals surface area contributed by atoms with E-state index in [9.17, 15) is 19.5 Å². The fourth-order valence-corrected chi connectivity index (χ4v) is 9.40. The number of amides is 2. The molecule has 1 spiro atoms. The van der Waals surface area contributed by atoms with E-state index in [0.717, 1.165) is 29.7 Å². The van der Waals surface area contributed by atoms with Gasteiger partial charge in [-0.25, -0.2) is 0 Å². The molecule has 3 fully saturated rings. The van der Waals surface area contributed by atoms with Gasteiger partial charge in [-0.2, -0.15) is 0 Å². The molecule has 4 rings (SSSR count). The Bertz CT molecular complexity index is 1100. The van der Waals surface area contributed by atoms with Gasteiger partial charge in [-0.1, -0.05) is 37.3 Å². The van der Waals surface area contributed by atoms with Gasteiger partial charge in [0.25, 0.3) is 5.91 Å². The molecule has 3 saturated heterocycles. The zero-order valence-electron chi connectivity index (χ0n) is 23.4. The number of para-hydroxylation sites is 1. The number of aryl methyl sites for hydroxylation is 2. The molecule has 1 N–H and O–H groups in total. The first kappa shape index (κ1) is 29.4. The molecule has 7 nitrogen and oxygen atoms in total. The number of esters is 1. The van der Waals surface area contributed by atoms with Crippen molar-refractivity contribution in [3.8, 4) is 0 Å². The minimum atomic E-state index is -0.712. The monoisotopic (exact) mass is 554 g/mol. The van der Waals surface area contributed by atoms with Crippen molar-refractivity contribution in [1.29, 1.82) is 0 Å². The van der Waals surface area contributed by atoms with E-state index in [4.69, 9.17) is 4.74 Å². The Morgan fingerprint density at radius 3 is 2.56 bits per heavy atom. The molecular formula is C31H42N2O5S. The van der Waals surface area contributed by atoms with Crippen LogP contribution in [0.3, 0.4) is 0 Å². The highest BCUT2D eigenvalue weighted by molar-refractivity contribution is 8.02. The molecule has 0 aromatic heterocycles. The smallest absolute Gasteiger partial charge is 0.310 e. The summed E-state index contributed by atoms with van der Waals surface area (Å²) in [7, 11) is 0. The molecule has 212 valence electrons. The first-order chi connectivity index (χ1) is 18.7. The molecule has 8 heteroatoms. The summed E-state index contributed by atoms with van der Waals surface area (Å²) in [5.74, 6) is -1.69. The van der Waals surface area contributed by atoms with Gasteiger partial charge >= 0.3 is 5.97 Å². The third-order valence-electron chi connectivity index (χ3n) is 8.64. The van der Waals surface area contributed by atoms with E-state index >= 15 is 0 Å². The highest BCUT2D eigenvalue weighted by Gasteiger charge is 2.76. The average Bonchev–Trinajstić information content (AvgIpc) is 3.49. The van der Waals surface area contributed by atoms with Crippen LogP contribution in [0, 0.1) is 31.6 Å². The number of fused-ring (bicyclic) bond motifs is 1. The molecular weight excluding hydrogens is 512 g/mol. The van der Waals surface area contributed by atoms with Gasteiger partial charge < -0.3 is 19.6 Å². The molecule has 0 radical (unpaired) electrons. The number of hydrogen-bond donors (Lipinski definition) is 1. The minimum absolute atomic E-state index is 0.0209. The largest absolute Gasteiger partial charge is 0.465 e. The van der Waals surface area contributed by atoms with E-state index in [1.165, 1.54) is 0 Å². The molecule has 0 saturated carbocycles. The maximum absolute atomic E-state index is 14.7. The molecule has 6 atom stereocenters. The number of thioether (sulfide) groups is 1. The second-order valence-electron chi connectivity index (χ2n) is 11.1. The molecule has 3 unspecified atom stereocenters. The van der Waals surface area contributed by atoms with Gasteiger partial charge in [0.1, 0.15) is 6.04 Å². The predicted octanol–water partition coefficient (Wildman–Crippen LogP) is 4.44. The van der Waals surface area contributed by atoms with Gasteiger partial charge in [-0.3, -0.25) is 14.4 Å². The van der Waals surface area contributed by atoms with Crippen molar-refractivity contribution in [2.24, 2.45) is 17.8 Å². The van der Waals surface area contributed by atoms with E-state index in [2.05, 4.69) is 20.1 Å². The lowest BCUT2D eigenvalue weighted by Gasteiger charge is -2.41. The fraction of sp³-hybridized carbons (Fsp3) is 0.581. The number of rotatable bonds is 13. The van der Waals surface area contributed by atoms with Gasteiger partial charge in [0, 0.05) is 30.6 Å². The molecule has 1 aromatic carbocycles. The van der Waals surface area contributed by atoms with Gasteiger partial charge in [-0.05, 0) is 63.0 Å². The van der Waals surface area contributed by atoms with Crippen LogP contribution in [0.15, 0.2) is 43.5 Å². The van der Waals surface area contributed by atoms with Gasteiger partial charge in [-0.15, -0.1) is 24.9 Å². The summed E-state index contributed by atoms with van der Waals surface area (Å²) in [6, 6.07) is 5.24. The summed E-state index contributed by atoms with van der Waals surface area (Å²) < 4.78 is 4.96. The van der Waals surface area contributed by atoms with Gasteiger partial charge in [0.05, 0.1) is 23.2 Å². The Kier molecular flexibility index (Phi) is 9.27. The molecule has 39 heavy (non-hydrogen) atoms. The van der Waals surface area contributed by atoms with E-state index in [0.29, 0.717) is 39.0 Å². The van der Waals surface area contributed by atoms with Gasteiger partial charge in [0.2, 0.25) is 5.91 Å². The zero-order valence-corrected chi connectivity index (χ0v) is 24.3. The van der Waals surface area contributed by atoms with Crippen molar-refractivity contribution in [3.63, 3.8) is 0 Å². The van der Waals surface area contributed by atoms with Crippen LogP contribution in [0.2, 0.25) is 0 Å². The first-order valence-electron chi connectivity index (χ1n) is 14.1. The standard InChI is InChI=1S/C31H42N2O5S/c1-6-8-11-18-38-30(37)24-23-19-22(5)31(39-23)25(24)28(35)33(16-9-10-17-34)27(31)29(36)32(15-7-2)26-20(3)13-12-14-21(26)4/h6-7,12-14,22-25,27,34H,1-2,8-11,15-19H2,3-5H3/t22?,23-,24+,25+,27?,31?/m1/s1. The Hall–Kier alpha value is -2.58. The summed E-state index contributed by atoms with van der Waals surface area (Å²) in [6.45, 7) is 14.7. The predicted molar refractivity (Wildman–Crippen MR) is 156 cm³/mol. The SMILES string of the molecule is C=CCCCOC(=O)[C@@H]1[C@H]2C(=O)N(CCCCO)C(C(=O)N(CC=C)c3c(C)cccc3C)C23S[C@@H]1CC3C. The van der Waals surface area contributed by atoms with Crippen LogP contribution in [-0.2, 0) is 19.1 Å². The highest BCUT2D eigenvalue weighted by atomic mass is 32.2. The lowest BCUT2D eigenvalue weighted by molar-refractivity contribution is -0.154. The maximum atomic E-state index is 14.7. The van der Waals surface area contributed by atoms with Crippen LogP contribution in [-0.4, -0.2) is 70.1 Å². The normalized spacial score (nSPS) is 28.9. The number of likely N-dealkylation sites (tertiary alicyclic amines) is 1. The first-order valence-corrected chi connectivity index (χ1v) is 15.0. The second-order valence-corrected chi connectivity index (χ2v) is 12.6. The van der Waals surface area contributed by atoms with Crippen molar-refractivity contribution in [3.05, 3.63) is 54.6 Å². The van der Waals surface area contributed by atoms with E-state index in [1.54, 1.807) is 33.7 Å². The van der Waals surface area contributed by atoms with Crippen molar-refractivity contribution in [1.82, 2.24) is 4.90 Å². The summed E-state index contributed by atoms with van der Waals surface area (Å²) >= 11 is 1.66. The van der Waals surface area contributed by atoms with Crippen molar-refractivity contribution in [2.45, 2.75) is 68.9 Å². The number of benzene rings is 1. The molecule has 2 bridgehead atoms. The minimum Gasteiger partial charge on any atom is -0.465 e. The Morgan fingerprint density at radius 2 is 1.92 bits per heavy atom. The number of aliphatic hydroxyl groups excluding tert-OH is 1. The fourth-order valence-electron chi connectivity index (χ4n) is 7.00. The summed E-state index contributed by atoms with van der Waals surface area (Å²) in [5.41, 5.74) is 2.80. The molecule has 0 aliphatic carbocycles. The average molecular weight is 555 g/mol. The van der Waals surface area contributed by atoms with Crippen LogP contribution in [0.25, 0.3) is 0 Å². The van der Waals surface area contributed by atoms with Crippen LogP contribution >= 0.6 is 11.8 Å². The lowest BCUT2D eigenvalue weighted by Crippen LogP contribution is -2.57. The van der Waals surface area contributed by atoms with Crippen molar-refractivity contribution in [2.75, 3.05) is 31.2 Å². The Morgan fingerprint density at radius 1 is 1.21 bits per heavy atom. The number of nitrogens with zero attached hydrogens (tertiary/aromatic N) is 2. The number of aliphatic hydroxyl groups is 1. The number of ether oxygens (including phenoxy) is 1. The lowest BCUT2D eigenvalue weighted by atomic mass is 9.66. The second kappa shape index (κ2) is 12.3. The van der Waals surface area contributed by atoms with Crippen molar-refractivity contribution >= 4 is 35.2 Å². The molecule has 2 amide bonds. The van der Waals surface area contributed by atoms with E-state index < -0.39 is 22.6 Å². The van der Waals surface area contributed by atoms with Crippen LogP contribution in [0.1, 0.15) is 50.2 Å². The quantitative estimate of drug-likeness (QED) is 0.220. The number of unbranched alkanes of at least 4 members (excludes halogenated alkanes) is 2. The summed E-state index contributed by atoms with van der Waals surface area (Å²) in [6.07, 6.45) is 6.85. The Balaban J connectivity index is 1.75. The summed E-state index contributed by atoms with van der Waals surface area (Å²) in [4.78, 5) is 45.8. The van der Waals surface area contributed by atoms with Crippen molar-refractivity contribution < 1.29 is 24.2 Å². The molecule has 3 aliphatic rings. The Labute approximate surface area is 236 Å². The van der Waals surface area contributed by atoms with Crippen LogP contribution in [0.5, 0.6) is 0 Å². The zero-order chi connectivity index (χ0) is 28.3. The van der Waals surface area contributed by atoms with Gasteiger partial charge in [0.15, 0.2) is 0 Å². The highest BCUT2D eigenvalue weighted by Crippen LogP contribution is 2.68. The number of allylic oxidation sites excluding steroid dienone is 1. The van der Waals surface area contributed by atoms with E-state index in [-0.39, 0.29) is 35.6 Å². The topological polar surface area (TPSA) is 87.1 Å². The molecule has 3 aliphatic heterocycles. The third kappa shape index (κ3) is 5.06. The van der Waals surface area contributed by atoms with Crippen LogP contribution < -0.4 is 4.90 Å². The van der Waals surface area contributed by atoms with E-state index in [1.807, 2.05) is 32.0 Å². The molecule has 1 aromatic rings. The number of anilines is 1. The van der Waals surface area contributed by atoms with Crippen LogP contribution in [0.4, 0.5) is 5.69 Å². The molecule has 3 heterocycles. The maximum Gasteiger partial charge on any atom is 0.310 e. The number of carbonyl (C=O) groups is 3.